The molecule has 2 aromatic carbocycles. The standard InChI is InChI=1S/C26H24N8O2/c1-16-8-18(5-7-21(16)36-23-11-22-33-30-15-34(22)14-29-23)31-25-19-9-17(4-6-20(19)27-13-28-25)10-24-32-26(2,3)12-35-24/h4-9,11,13-15H,10,12H2,1-3H3,(H,27,28,31). The van der Waals surface area contributed by atoms with Crippen molar-refractivity contribution in [3.05, 3.63) is 72.6 Å². The molecule has 1 N–H and O–H groups in total. The fourth-order valence-electron chi connectivity index (χ4n) is 4.10. The second kappa shape index (κ2) is 8.56. The number of benzene rings is 2. The summed E-state index contributed by atoms with van der Waals surface area (Å²) in [6.45, 7) is 6.73. The fraction of sp³-hybridized carbons (Fsp3) is 0.231. The number of anilines is 2. The first-order valence-corrected chi connectivity index (χ1v) is 11.6. The molecule has 0 fully saturated rings. The number of fused-ring (bicyclic) bond motifs is 2. The number of nitrogens with one attached hydrogen (secondary N) is 1. The largest absolute Gasteiger partial charge is 0.478 e. The van der Waals surface area contributed by atoms with Crippen molar-refractivity contribution in [2.24, 2.45) is 4.99 Å². The lowest BCUT2D eigenvalue weighted by Gasteiger charge is -2.12. The van der Waals surface area contributed by atoms with E-state index in [4.69, 9.17) is 9.47 Å². The molecule has 4 heterocycles. The maximum Gasteiger partial charge on any atom is 0.224 e. The van der Waals surface area contributed by atoms with E-state index in [-0.39, 0.29) is 5.54 Å². The van der Waals surface area contributed by atoms with E-state index in [1.165, 1.54) is 0 Å². The number of hydrogen-bond acceptors (Lipinski definition) is 9. The Kier molecular flexibility index (Phi) is 5.21. The zero-order valence-electron chi connectivity index (χ0n) is 20.1. The maximum atomic E-state index is 5.99. The molecule has 0 spiro atoms. The minimum Gasteiger partial charge on any atom is -0.478 e. The van der Waals surface area contributed by atoms with E-state index in [0.717, 1.165) is 39.4 Å². The van der Waals surface area contributed by atoms with Crippen LogP contribution >= 0.6 is 0 Å². The Morgan fingerprint density at radius 2 is 1.97 bits per heavy atom. The molecule has 10 heteroatoms. The summed E-state index contributed by atoms with van der Waals surface area (Å²) in [6.07, 6.45) is 5.41. The summed E-state index contributed by atoms with van der Waals surface area (Å²) in [7, 11) is 0. The van der Waals surface area contributed by atoms with Gasteiger partial charge in [-0.3, -0.25) is 4.40 Å². The molecule has 0 saturated carbocycles. The van der Waals surface area contributed by atoms with Gasteiger partial charge in [0, 0.05) is 23.6 Å². The van der Waals surface area contributed by atoms with Gasteiger partial charge < -0.3 is 14.8 Å². The topological polar surface area (TPSA) is 112 Å². The van der Waals surface area contributed by atoms with Crippen LogP contribution in [0.1, 0.15) is 25.0 Å². The Balaban J connectivity index is 1.23. The van der Waals surface area contributed by atoms with Crippen molar-refractivity contribution < 1.29 is 9.47 Å². The summed E-state index contributed by atoms with van der Waals surface area (Å²) in [5.74, 6) is 2.64. The summed E-state index contributed by atoms with van der Waals surface area (Å²) < 4.78 is 13.5. The number of nitrogens with zero attached hydrogens (tertiary/aromatic N) is 7. The van der Waals surface area contributed by atoms with Crippen molar-refractivity contribution in [2.45, 2.75) is 32.7 Å². The average molecular weight is 481 g/mol. The zero-order valence-corrected chi connectivity index (χ0v) is 20.1. The van der Waals surface area contributed by atoms with Crippen LogP contribution in [0.5, 0.6) is 11.6 Å². The van der Waals surface area contributed by atoms with Crippen LogP contribution in [0.2, 0.25) is 0 Å². The lowest BCUT2D eigenvalue weighted by atomic mass is 10.1. The third kappa shape index (κ3) is 4.40. The van der Waals surface area contributed by atoms with Crippen LogP contribution in [0.3, 0.4) is 0 Å². The fourth-order valence-corrected chi connectivity index (χ4v) is 4.10. The number of ether oxygens (including phenoxy) is 2. The van der Waals surface area contributed by atoms with Gasteiger partial charge in [0.05, 0.1) is 11.1 Å². The second-order valence-corrected chi connectivity index (χ2v) is 9.39. The van der Waals surface area contributed by atoms with E-state index in [9.17, 15) is 0 Å². The van der Waals surface area contributed by atoms with Gasteiger partial charge in [0.2, 0.25) is 5.88 Å². The van der Waals surface area contributed by atoms with Crippen molar-refractivity contribution in [1.82, 2.24) is 29.5 Å². The highest BCUT2D eigenvalue weighted by molar-refractivity contribution is 5.92. The summed E-state index contributed by atoms with van der Waals surface area (Å²) in [4.78, 5) is 17.9. The molecular weight excluding hydrogens is 456 g/mol. The predicted molar refractivity (Wildman–Crippen MR) is 136 cm³/mol. The van der Waals surface area contributed by atoms with E-state index in [2.05, 4.69) is 61.4 Å². The molecule has 36 heavy (non-hydrogen) atoms. The molecule has 0 bridgehead atoms. The third-order valence-corrected chi connectivity index (χ3v) is 5.89. The van der Waals surface area contributed by atoms with Gasteiger partial charge in [-0.25, -0.2) is 19.9 Å². The van der Waals surface area contributed by atoms with Crippen molar-refractivity contribution in [2.75, 3.05) is 11.9 Å². The quantitative estimate of drug-likeness (QED) is 0.373. The molecule has 0 saturated heterocycles. The monoisotopic (exact) mass is 480 g/mol. The molecule has 3 aromatic heterocycles. The molecule has 1 aliphatic heterocycles. The Morgan fingerprint density at radius 3 is 2.81 bits per heavy atom. The Morgan fingerprint density at radius 1 is 1.06 bits per heavy atom. The van der Waals surface area contributed by atoms with Crippen LogP contribution in [0.4, 0.5) is 11.5 Å². The van der Waals surface area contributed by atoms with Gasteiger partial charge >= 0.3 is 0 Å². The summed E-state index contributed by atoms with van der Waals surface area (Å²) in [5, 5.41) is 12.2. The lowest BCUT2D eigenvalue weighted by molar-refractivity contribution is 0.275. The first-order valence-electron chi connectivity index (χ1n) is 11.6. The maximum absolute atomic E-state index is 5.99. The van der Waals surface area contributed by atoms with E-state index < -0.39 is 0 Å². The number of aryl methyl sites for hydroxylation is 1. The Hall–Kier alpha value is -4.60. The van der Waals surface area contributed by atoms with E-state index in [1.54, 1.807) is 29.4 Å². The minimum absolute atomic E-state index is 0.172. The van der Waals surface area contributed by atoms with Crippen LogP contribution in [0.15, 0.2) is 66.4 Å². The van der Waals surface area contributed by atoms with Gasteiger partial charge in [0.25, 0.3) is 0 Å². The molecule has 0 radical (unpaired) electrons. The van der Waals surface area contributed by atoms with Crippen molar-refractivity contribution >= 4 is 34.0 Å². The van der Waals surface area contributed by atoms with Gasteiger partial charge in [-0.1, -0.05) is 6.07 Å². The van der Waals surface area contributed by atoms with E-state index >= 15 is 0 Å². The van der Waals surface area contributed by atoms with Crippen molar-refractivity contribution in [1.29, 1.82) is 0 Å². The molecule has 180 valence electrons. The molecule has 6 rings (SSSR count). The van der Waals surface area contributed by atoms with Crippen LogP contribution in [0, 0.1) is 6.92 Å². The number of hydrogen-bond donors (Lipinski definition) is 1. The second-order valence-electron chi connectivity index (χ2n) is 9.39. The highest BCUT2D eigenvalue weighted by Crippen LogP contribution is 2.30. The summed E-state index contributed by atoms with van der Waals surface area (Å²) in [5.41, 5.74) is 4.28. The van der Waals surface area contributed by atoms with Gasteiger partial charge in [0.15, 0.2) is 11.5 Å². The Labute approximate surface area is 207 Å². The van der Waals surface area contributed by atoms with Gasteiger partial charge in [-0.05, 0) is 62.2 Å². The molecule has 5 aromatic rings. The summed E-state index contributed by atoms with van der Waals surface area (Å²) >= 11 is 0. The van der Waals surface area contributed by atoms with Gasteiger partial charge in [-0.2, -0.15) is 0 Å². The molecule has 1 aliphatic rings. The van der Waals surface area contributed by atoms with Crippen LogP contribution in [0.25, 0.3) is 16.6 Å². The average Bonchev–Trinajstić information content (AvgIpc) is 3.46. The SMILES string of the molecule is Cc1cc(Nc2ncnc3ccc(CC4=NC(C)(C)CO4)cc23)ccc1Oc1cc2nncn2cn1. The minimum atomic E-state index is -0.172. The normalized spacial score (nSPS) is 14.6. The summed E-state index contributed by atoms with van der Waals surface area (Å²) in [6, 6.07) is 13.7. The number of rotatable bonds is 6. The molecule has 0 amide bonds. The molecule has 10 nitrogen and oxygen atoms in total. The smallest absolute Gasteiger partial charge is 0.224 e. The number of aliphatic imine (C=N–C) groups is 1. The zero-order chi connectivity index (χ0) is 24.7. The third-order valence-electron chi connectivity index (χ3n) is 5.89. The highest BCUT2D eigenvalue weighted by Gasteiger charge is 2.26. The molecule has 0 aliphatic carbocycles. The molecule has 0 atom stereocenters. The van der Waals surface area contributed by atoms with E-state index in [0.29, 0.717) is 30.3 Å². The molecule has 0 unspecified atom stereocenters. The predicted octanol–water partition coefficient (Wildman–Crippen LogP) is 4.66. The van der Waals surface area contributed by atoms with Crippen molar-refractivity contribution in [3.8, 4) is 11.6 Å². The highest BCUT2D eigenvalue weighted by atomic mass is 16.5. The molecular formula is C26H24N8O2. The lowest BCUT2D eigenvalue weighted by Crippen LogP contribution is -2.17. The van der Waals surface area contributed by atoms with Gasteiger partial charge in [0.1, 0.15) is 37.2 Å². The first-order chi connectivity index (χ1) is 17.4. The Bertz CT molecular complexity index is 1630. The van der Waals surface area contributed by atoms with E-state index in [1.807, 2.05) is 31.2 Å². The van der Waals surface area contributed by atoms with Gasteiger partial charge in [-0.15, -0.1) is 10.2 Å². The first kappa shape index (κ1) is 21.9. The van der Waals surface area contributed by atoms with Crippen LogP contribution in [-0.2, 0) is 11.2 Å². The number of aromatic nitrogens is 6. The van der Waals surface area contributed by atoms with Crippen molar-refractivity contribution in [3.63, 3.8) is 0 Å². The van der Waals surface area contributed by atoms with Crippen LogP contribution in [-0.4, -0.2) is 47.6 Å². The van der Waals surface area contributed by atoms with Crippen LogP contribution < -0.4 is 10.1 Å².